The monoisotopic (exact) mass is 315 g/mol. The number of likely N-dealkylation sites (tertiary alicyclic amines) is 1. The number of nitrogens with zero attached hydrogens (tertiary/aromatic N) is 1. The zero-order valence-electron chi connectivity index (χ0n) is 13.8. The van der Waals surface area contributed by atoms with Crippen LogP contribution in [0.5, 0.6) is 0 Å². The number of aryl methyl sites for hydroxylation is 3. The number of rotatable bonds is 2. The predicted molar refractivity (Wildman–Crippen MR) is 86.7 cm³/mol. The molecular weight excluding hydrogens is 294 g/mol. The lowest BCUT2D eigenvalue weighted by Gasteiger charge is -2.22. The SMILES string of the molecule is Cc1ccc(C)c2c(C)c(C(=O)N3CCC(C(=O)O)C3C)oc12. The fourth-order valence-electron chi connectivity index (χ4n) is 3.57. The van der Waals surface area contributed by atoms with Gasteiger partial charge in [-0.05, 0) is 45.2 Å². The fraction of sp³-hybridized carbons (Fsp3) is 0.444. The van der Waals surface area contributed by atoms with Gasteiger partial charge in [0.1, 0.15) is 5.58 Å². The minimum Gasteiger partial charge on any atom is -0.481 e. The van der Waals surface area contributed by atoms with Crippen molar-refractivity contribution in [2.45, 2.75) is 40.2 Å². The number of benzene rings is 1. The summed E-state index contributed by atoms with van der Waals surface area (Å²) in [5.74, 6) is -1.24. The molecular formula is C18H21NO4. The highest BCUT2D eigenvalue weighted by molar-refractivity contribution is 6.01. The maximum absolute atomic E-state index is 12.9. The van der Waals surface area contributed by atoms with Gasteiger partial charge in [-0.15, -0.1) is 0 Å². The van der Waals surface area contributed by atoms with E-state index in [9.17, 15) is 14.7 Å². The van der Waals surface area contributed by atoms with Crippen LogP contribution in [0, 0.1) is 26.7 Å². The van der Waals surface area contributed by atoms with Gasteiger partial charge in [-0.2, -0.15) is 0 Å². The molecule has 1 N–H and O–H groups in total. The molecule has 1 aromatic carbocycles. The standard InChI is InChI=1S/C18H21NO4/c1-9-5-6-10(2)15-14(9)11(3)16(23-15)17(20)19-8-7-13(12(19)4)18(21)22/h5-6,12-13H,7-8H2,1-4H3,(H,21,22). The number of hydrogen-bond donors (Lipinski definition) is 1. The Bertz CT molecular complexity index is 805. The number of carboxylic acid groups (broad SMARTS) is 1. The van der Waals surface area contributed by atoms with E-state index >= 15 is 0 Å². The van der Waals surface area contributed by atoms with Gasteiger partial charge in [-0.1, -0.05) is 12.1 Å². The first-order valence-corrected chi connectivity index (χ1v) is 7.86. The molecule has 1 aliphatic heterocycles. The molecule has 3 rings (SSSR count). The Balaban J connectivity index is 2.03. The molecule has 0 radical (unpaired) electrons. The Morgan fingerprint density at radius 2 is 1.87 bits per heavy atom. The van der Waals surface area contributed by atoms with Gasteiger partial charge in [-0.3, -0.25) is 9.59 Å². The van der Waals surface area contributed by atoms with E-state index in [1.54, 1.807) is 11.8 Å². The van der Waals surface area contributed by atoms with Gasteiger partial charge in [0.25, 0.3) is 5.91 Å². The molecule has 5 heteroatoms. The second kappa shape index (κ2) is 5.41. The third-order valence-electron chi connectivity index (χ3n) is 5.01. The van der Waals surface area contributed by atoms with Crippen molar-refractivity contribution in [3.63, 3.8) is 0 Å². The molecule has 1 fully saturated rings. The van der Waals surface area contributed by atoms with E-state index in [1.807, 2.05) is 32.9 Å². The first kappa shape index (κ1) is 15.6. The lowest BCUT2D eigenvalue weighted by Crippen LogP contribution is -2.37. The molecule has 1 aromatic heterocycles. The van der Waals surface area contributed by atoms with Crippen molar-refractivity contribution in [2.24, 2.45) is 5.92 Å². The molecule has 1 saturated heterocycles. The van der Waals surface area contributed by atoms with Crippen molar-refractivity contribution < 1.29 is 19.1 Å². The number of furan rings is 1. The summed E-state index contributed by atoms with van der Waals surface area (Å²) in [6.07, 6.45) is 0.486. The van der Waals surface area contributed by atoms with E-state index < -0.39 is 11.9 Å². The number of amides is 1. The maximum Gasteiger partial charge on any atom is 0.308 e. The molecule has 2 heterocycles. The first-order chi connectivity index (χ1) is 10.8. The summed E-state index contributed by atoms with van der Waals surface area (Å²) in [7, 11) is 0. The summed E-state index contributed by atoms with van der Waals surface area (Å²) in [5, 5.41) is 10.2. The summed E-state index contributed by atoms with van der Waals surface area (Å²) >= 11 is 0. The van der Waals surface area contributed by atoms with Crippen LogP contribution in [-0.4, -0.2) is 34.5 Å². The van der Waals surface area contributed by atoms with Crippen molar-refractivity contribution in [1.29, 1.82) is 0 Å². The highest BCUT2D eigenvalue weighted by atomic mass is 16.4. The van der Waals surface area contributed by atoms with Crippen LogP contribution in [0.2, 0.25) is 0 Å². The van der Waals surface area contributed by atoms with E-state index in [-0.39, 0.29) is 11.9 Å². The second-order valence-electron chi connectivity index (χ2n) is 6.43. The Hall–Kier alpha value is -2.30. The molecule has 1 amide bonds. The van der Waals surface area contributed by atoms with Gasteiger partial charge in [0, 0.05) is 23.5 Å². The van der Waals surface area contributed by atoms with E-state index in [1.165, 1.54) is 0 Å². The highest BCUT2D eigenvalue weighted by Crippen LogP contribution is 2.33. The number of carbonyl (C=O) groups excluding carboxylic acids is 1. The van der Waals surface area contributed by atoms with Gasteiger partial charge in [-0.25, -0.2) is 0 Å². The van der Waals surface area contributed by atoms with Gasteiger partial charge >= 0.3 is 5.97 Å². The summed E-state index contributed by atoms with van der Waals surface area (Å²) in [4.78, 5) is 25.7. The van der Waals surface area contributed by atoms with Crippen LogP contribution in [-0.2, 0) is 4.79 Å². The molecule has 122 valence electrons. The zero-order valence-corrected chi connectivity index (χ0v) is 13.8. The highest BCUT2D eigenvalue weighted by Gasteiger charge is 2.39. The van der Waals surface area contributed by atoms with Gasteiger partial charge in [0.05, 0.1) is 5.92 Å². The Kier molecular flexibility index (Phi) is 3.66. The predicted octanol–water partition coefficient (Wildman–Crippen LogP) is 3.29. The zero-order chi connectivity index (χ0) is 16.9. The van der Waals surface area contributed by atoms with Crippen LogP contribution in [0.25, 0.3) is 11.0 Å². The van der Waals surface area contributed by atoms with Crippen LogP contribution < -0.4 is 0 Å². The van der Waals surface area contributed by atoms with Crippen molar-refractivity contribution in [1.82, 2.24) is 4.90 Å². The van der Waals surface area contributed by atoms with Crippen LogP contribution in [0.3, 0.4) is 0 Å². The molecule has 0 saturated carbocycles. The van der Waals surface area contributed by atoms with Crippen molar-refractivity contribution >= 4 is 22.8 Å². The summed E-state index contributed by atoms with van der Waals surface area (Å²) in [6, 6.07) is 3.68. The first-order valence-electron chi connectivity index (χ1n) is 7.86. The quantitative estimate of drug-likeness (QED) is 0.923. The molecule has 2 unspecified atom stereocenters. The Morgan fingerprint density at radius 3 is 2.43 bits per heavy atom. The normalized spacial score (nSPS) is 21.1. The van der Waals surface area contributed by atoms with E-state index in [4.69, 9.17) is 4.42 Å². The molecule has 0 spiro atoms. The lowest BCUT2D eigenvalue weighted by molar-refractivity contribution is -0.142. The third-order valence-corrected chi connectivity index (χ3v) is 5.01. The van der Waals surface area contributed by atoms with Gasteiger partial charge in [0.15, 0.2) is 5.76 Å². The number of hydrogen-bond acceptors (Lipinski definition) is 3. The van der Waals surface area contributed by atoms with Crippen LogP contribution in [0.15, 0.2) is 16.5 Å². The lowest BCUT2D eigenvalue weighted by atomic mass is 10.0. The largest absolute Gasteiger partial charge is 0.481 e. The second-order valence-corrected chi connectivity index (χ2v) is 6.43. The van der Waals surface area contributed by atoms with Gasteiger partial charge in [0.2, 0.25) is 0 Å². The fourth-order valence-corrected chi connectivity index (χ4v) is 3.57. The smallest absolute Gasteiger partial charge is 0.308 e. The van der Waals surface area contributed by atoms with Gasteiger partial charge < -0.3 is 14.4 Å². The molecule has 2 aromatic rings. The number of aliphatic carboxylic acids is 1. The minimum absolute atomic E-state index is 0.214. The van der Waals surface area contributed by atoms with Crippen molar-refractivity contribution in [3.8, 4) is 0 Å². The molecule has 1 aliphatic rings. The maximum atomic E-state index is 12.9. The minimum atomic E-state index is -0.846. The van der Waals surface area contributed by atoms with Crippen molar-refractivity contribution in [3.05, 3.63) is 34.6 Å². The summed E-state index contributed by atoms with van der Waals surface area (Å²) < 4.78 is 5.89. The summed E-state index contributed by atoms with van der Waals surface area (Å²) in [5.41, 5.74) is 3.64. The molecule has 5 nitrogen and oxygen atoms in total. The molecule has 0 aliphatic carbocycles. The average molecular weight is 315 g/mol. The topological polar surface area (TPSA) is 70.8 Å². The van der Waals surface area contributed by atoms with Crippen LogP contribution in [0.4, 0.5) is 0 Å². The molecule has 0 bridgehead atoms. The number of fused-ring (bicyclic) bond motifs is 1. The van der Waals surface area contributed by atoms with E-state index in [0.717, 1.165) is 27.7 Å². The number of carboxylic acids is 1. The molecule has 2 atom stereocenters. The number of carbonyl (C=O) groups is 2. The Morgan fingerprint density at radius 1 is 1.22 bits per heavy atom. The summed E-state index contributed by atoms with van der Waals surface area (Å²) in [6.45, 7) is 8.08. The van der Waals surface area contributed by atoms with Crippen LogP contribution in [0.1, 0.15) is 40.6 Å². The van der Waals surface area contributed by atoms with E-state index in [2.05, 4.69) is 0 Å². The average Bonchev–Trinajstić information content (AvgIpc) is 3.04. The molecule has 23 heavy (non-hydrogen) atoms. The van der Waals surface area contributed by atoms with Crippen LogP contribution >= 0.6 is 0 Å². The van der Waals surface area contributed by atoms with Crippen molar-refractivity contribution in [2.75, 3.05) is 6.54 Å². The van der Waals surface area contributed by atoms with E-state index in [0.29, 0.717) is 18.7 Å². The Labute approximate surface area is 134 Å². The third kappa shape index (κ3) is 2.31.